The molecule has 4 aliphatic rings. The highest BCUT2D eigenvalue weighted by atomic mass is 35.5. The summed E-state index contributed by atoms with van der Waals surface area (Å²) in [6, 6.07) is 0. The lowest BCUT2D eigenvalue weighted by atomic mass is 9.45. The van der Waals surface area contributed by atoms with Crippen molar-refractivity contribution in [1.82, 2.24) is 0 Å². The van der Waals surface area contributed by atoms with E-state index in [1.165, 1.54) is 19.1 Å². The smallest absolute Gasteiger partial charge is 0.306 e. The normalized spacial score (nSPS) is 46.5. The molecule has 0 aromatic rings. The van der Waals surface area contributed by atoms with E-state index in [0.717, 1.165) is 0 Å². The molecular formula is C25H31ClF2O5. The molecule has 0 aliphatic heterocycles. The van der Waals surface area contributed by atoms with Gasteiger partial charge in [-0.1, -0.05) is 26.8 Å². The first-order valence-electron chi connectivity index (χ1n) is 11.6. The minimum atomic E-state index is -2.24. The van der Waals surface area contributed by atoms with Gasteiger partial charge in [-0.05, 0) is 37.3 Å². The summed E-state index contributed by atoms with van der Waals surface area (Å²) < 4.78 is 38.5. The van der Waals surface area contributed by atoms with Crippen LogP contribution < -0.4 is 0 Å². The molecule has 0 amide bonds. The van der Waals surface area contributed by atoms with Gasteiger partial charge in [-0.3, -0.25) is 14.4 Å². The Morgan fingerprint density at radius 2 is 1.97 bits per heavy atom. The lowest BCUT2D eigenvalue weighted by molar-refractivity contribution is -0.225. The van der Waals surface area contributed by atoms with Gasteiger partial charge in [0.15, 0.2) is 22.8 Å². The summed E-state index contributed by atoms with van der Waals surface area (Å²) in [6.45, 7) is 6.65. The minimum absolute atomic E-state index is 0.0431. The van der Waals surface area contributed by atoms with Crippen LogP contribution in [0.4, 0.5) is 8.78 Å². The number of allylic oxidation sites excluding steroid dienone is 4. The van der Waals surface area contributed by atoms with E-state index in [4.69, 9.17) is 16.3 Å². The van der Waals surface area contributed by atoms with E-state index in [1.807, 2.05) is 0 Å². The molecule has 8 heteroatoms. The summed E-state index contributed by atoms with van der Waals surface area (Å²) in [5.41, 5.74) is -6.41. The van der Waals surface area contributed by atoms with Gasteiger partial charge >= 0.3 is 5.97 Å². The monoisotopic (exact) mass is 484 g/mol. The van der Waals surface area contributed by atoms with Crippen LogP contribution in [-0.2, 0) is 19.1 Å². The van der Waals surface area contributed by atoms with Gasteiger partial charge in [-0.2, -0.15) is 0 Å². The Morgan fingerprint density at radius 1 is 1.30 bits per heavy atom. The van der Waals surface area contributed by atoms with Crippen LogP contribution in [0.5, 0.6) is 0 Å². The van der Waals surface area contributed by atoms with Crippen LogP contribution in [-0.4, -0.2) is 45.9 Å². The lowest BCUT2D eigenvalue weighted by Crippen LogP contribution is -2.70. The Kier molecular flexibility index (Phi) is 5.73. The molecule has 1 unspecified atom stereocenters. The second-order valence-corrected chi connectivity index (χ2v) is 10.9. The molecule has 0 radical (unpaired) electrons. The van der Waals surface area contributed by atoms with Crippen molar-refractivity contribution in [2.24, 2.45) is 28.6 Å². The van der Waals surface area contributed by atoms with E-state index in [9.17, 15) is 19.5 Å². The van der Waals surface area contributed by atoms with Crippen molar-refractivity contribution in [3.05, 3.63) is 23.6 Å². The zero-order chi connectivity index (χ0) is 24.6. The zero-order valence-corrected chi connectivity index (χ0v) is 20.2. The minimum Gasteiger partial charge on any atom is -0.450 e. The summed E-state index contributed by atoms with van der Waals surface area (Å²) in [5, 5.41) is 11.4. The van der Waals surface area contributed by atoms with E-state index in [0.29, 0.717) is 6.42 Å². The molecule has 0 aromatic carbocycles. The van der Waals surface area contributed by atoms with Gasteiger partial charge < -0.3 is 9.84 Å². The number of fused-ring (bicyclic) bond motifs is 5. The molecule has 2 saturated carbocycles. The van der Waals surface area contributed by atoms with Crippen LogP contribution in [0.1, 0.15) is 59.8 Å². The summed E-state index contributed by atoms with van der Waals surface area (Å²) in [6.07, 6.45) is 0.803. The predicted molar refractivity (Wildman–Crippen MR) is 118 cm³/mol. The predicted octanol–water partition coefficient (Wildman–Crippen LogP) is 4.40. The summed E-state index contributed by atoms with van der Waals surface area (Å²) in [5.74, 6) is -4.30. The number of carbonyl (C=O) groups is 3. The number of esters is 1. The number of aliphatic hydroxyl groups excluding tert-OH is 1. The third kappa shape index (κ3) is 2.87. The highest BCUT2D eigenvalue weighted by molar-refractivity contribution is 6.29. The first-order valence-corrected chi connectivity index (χ1v) is 12.1. The third-order valence-corrected chi connectivity index (χ3v) is 9.54. The van der Waals surface area contributed by atoms with Crippen LogP contribution in [0.2, 0.25) is 0 Å². The second kappa shape index (κ2) is 7.70. The Hall–Kier alpha value is -1.60. The van der Waals surface area contributed by atoms with Gasteiger partial charge in [-0.25, -0.2) is 8.78 Å². The third-order valence-electron chi connectivity index (χ3n) is 9.30. The highest BCUT2D eigenvalue weighted by Crippen LogP contribution is 2.71. The Balaban J connectivity index is 1.89. The molecule has 5 nitrogen and oxygen atoms in total. The molecule has 33 heavy (non-hydrogen) atoms. The molecule has 4 aliphatic carbocycles. The number of halogens is 3. The fourth-order valence-corrected chi connectivity index (χ4v) is 7.92. The van der Waals surface area contributed by atoms with Crippen LogP contribution in [0.15, 0.2) is 23.6 Å². The molecule has 0 heterocycles. The topological polar surface area (TPSA) is 80.7 Å². The van der Waals surface area contributed by atoms with Crippen molar-refractivity contribution in [3.63, 3.8) is 0 Å². The molecule has 0 spiro atoms. The van der Waals surface area contributed by atoms with E-state index < -0.39 is 69.4 Å². The molecule has 1 N–H and O–H groups in total. The molecule has 0 bridgehead atoms. The van der Waals surface area contributed by atoms with Crippen LogP contribution >= 0.6 is 11.6 Å². The Morgan fingerprint density at radius 3 is 2.58 bits per heavy atom. The van der Waals surface area contributed by atoms with Gasteiger partial charge in [0.05, 0.1) is 12.0 Å². The maximum absolute atomic E-state index is 17.2. The maximum atomic E-state index is 17.2. The van der Waals surface area contributed by atoms with E-state index >= 15 is 8.78 Å². The first-order chi connectivity index (χ1) is 15.3. The van der Waals surface area contributed by atoms with Crippen LogP contribution in [0.25, 0.3) is 0 Å². The van der Waals surface area contributed by atoms with E-state index in [-0.39, 0.29) is 37.0 Å². The van der Waals surface area contributed by atoms with Crippen molar-refractivity contribution in [1.29, 1.82) is 0 Å². The van der Waals surface area contributed by atoms with Gasteiger partial charge in [0, 0.05) is 41.9 Å². The SMILES string of the molecule is CCC(=O)OC1(C(=O)CCl)[C@@H](C)C[C@H]2[C@@H]3CC(F)=C4CC(=O)C=C[C@]4(C)[C@@]3(F)[C@@H](O)C[C@@]21C. The summed E-state index contributed by atoms with van der Waals surface area (Å²) in [7, 11) is 0. The van der Waals surface area contributed by atoms with Gasteiger partial charge in [-0.15, -0.1) is 11.6 Å². The van der Waals surface area contributed by atoms with Crippen LogP contribution in [0, 0.1) is 28.6 Å². The molecule has 0 aromatic heterocycles. The number of hydrogen-bond donors (Lipinski definition) is 1. The Bertz CT molecular complexity index is 978. The number of rotatable bonds is 4. The molecular weight excluding hydrogens is 454 g/mol. The van der Waals surface area contributed by atoms with Crippen LogP contribution in [0.3, 0.4) is 0 Å². The number of alkyl halides is 2. The lowest BCUT2D eigenvalue weighted by Gasteiger charge is -2.62. The van der Waals surface area contributed by atoms with Crippen molar-refractivity contribution in [2.75, 3.05) is 5.88 Å². The quantitative estimate of drug-likeness (QED) is 0.472. The van der Waals surface area contributed by atoms with Gasteiger partial charge in [0.1, 0.15) is 5.83 Å². The first kappa shape index (κ1) is 24.5. The number of Topliss-reactive ketones (excluding diaryl/α,β-unsaturated/α-hetero) is 1. The van der Waals surface area contributed by atoms with Gasteiger partial charge in [0.25, 0.3) is 0 Å². The second-order valence-electron chi connectivity index (χ2n) is 10.6. The number of ketones is 2. The molecule has 0 saturated heterocycles. The standard InChI is InChI=1S/C25H31ClF2O5/c1-5-21(32)33-25(20(31)12-26)13(2)8-15-16-10-18(27)17-9-14(29)6-7-22(17,3)24(16,28)19(30)11-23(15,25)4/h6-7,13,15-16,19,30H,5,8-12H2,1-4H3/t13-,15-,16-,19-,22-,23-,24-,25?/m0/s1. The van der Waals surface area contributed by atoms with Crippen molar-refractivity contribution >= 4 is 29.1 Å². The number of hydrogen-bond acceptors (Lipinski definition) is 5. The summed E-state index contributed by atoms with van der Waals surface area (Å²) >= 11 is 5.97. The van der Waals surface area contributed by atoms with E-state index in [1.54, 1.807) is 20.8 Å². The number of aliphatic hydroxyl groups is 1. The fourth-order valence-electron chi connectivity index (χ4n) is 7.72. The van der Waals surface area contributed by atoms with Gasteiger partial charge in [0.2, 0.25) is 0 Å². The zero-order valence-electron chi connectivity index (χ0n) is 19.4. The Labute approximate surface area is 197 Å². The van der Waals surface area contributed by atoms with Crippen molar-refractivity contribution < 1.29 is 33.0 Å². The maximum Gasteiger partial charge on any atom is 0.306 e. The van der Waals surface area contributed by atoms with E-state index in [2.05, 4.69) is 0 Å². The van der Waals surface area contributed by atoms with Crippen molar-refractivity contribution in [2.45, 2.75) is 77.2 Å². The molecule has 182 valence electrons. The fraction of sp³-hybridized carbons (Fsp3) is 0.720. The van der Waals surface area contributed by atoms with Crippen molar-refractivity contribution in [3.8, 4) is 0 Å². The average Bonchev–Trinajstić information content (AvgIpc) is 2.98. The molecule has 8 atom stereocenters. The number of carbonyl (C=O) groups excluding carboxylic acids is 3. The summed E-state index contributed by atoms with van der Waals surface area (Å²) in [4.78, 5) is 37.7. The average molecular weight is 485 g/mol. The highest BCUT2D eigenvalue weighted by Gasteiger charge is 2.77. The molecule has 2 fully saturated rings. The largest absolute Gasteiger partial charge is 0.450 e. The number of ether oxygens (including phenoxy) is 1. The molecule has 4 rings (SSSR count).